The zero-order chi connectivity index (χ0) is 9.52. The van der Waals surface area contributed by atoms with Crippen LogP contribution in [0.5, 0.6) is 0 Å². The average Bonchev–Trinajstić information content (AvgIpc) is 2.16. The van der Waals surface area contributed by atoms with Gasteiger partial charge in [-0.15, -0.1) is 0 Å². The van der Waals surface area contributed by atoms with E-state index >= 15 is 0 Å². The maximum Gasteiger partial charge on any atom is 0.0713 e. The van der Waals surface area contributed by atoms with Crippen LogP contribution in [-0.2, 0) is 11.3 Å². The van der Waals surface area contributed by atoms with Crippen LogP contribution >= 0.6 is 15.9 Å². The van der Waals surface area contributed by atoms with Crippen LogP contribution in [0.2, 0.25) is 0 Å². The third-order valence-corrected chi connectivity index (χ3v) is 2.04. The maximum absolute atomic E-state index is 5.05. The first kappa shape index (κ1) is 10.5. The summed E-state index contributed by atoms with van der Waals surface area (Å²) in [4.78, 5) is 0. The van der Waals surface area contributed by atoms with Gasteiger partial charge in [-0.05, 0) is 17.2 Å². The third-order valence-electron chi connectivity index (χ3n) is 1.66. The normalized spacial score (nSPS) is 10.9. The van der Waals surface area contributed by atoms with Crippen molar-refractivity contribution in [1.82, 2.24) is 0 Å². The van der Waals surface area contributed by atoms with Crippen molar-refractivity contribution < 1.29 is 4.74 Å². The summed E-state index contributed by atoms with van der Waals surface area (Å²) in [5, 5.41) is 0.890. The quantitative estimate of drug-likeness (QED) is 0.735. The number of methoxy groups -OCH3 is 1. The Morgan fingerprint density at radius 1 is 1.46 bits per heavy atom. The molecule has 0 heterocycles. The van der Waals surface area contributed by atoms with Gasteiger partial charge in [0.15, 0.2) is 0 Å². The van der Waals surface area contributed by atoms with E-state index in [2.05, 4.69) is 46.3 Å². The highest BCUT2D eigenvalue weighted by Crippen LogP contribution is 2.08. The van der Waals surface area contributed by atoms with Gasteiger partial charge >= 0.3 is 0 Å². The summed E-state index contributed by atoms with van der Waals surface area (Å²) in [5.41, 5.74) is 2.42. The molecule has 0 aliphatic carbocycles. The van der Waals surface area contributed by atoms with Crippen molar-refractivity contribution in [3.63, 3.8) is 0 Å². The molecule has 0 saturated carbocycles. The van der Waals surface area contributed by atoms with Gasteiger partial charge in [-0.2, -0.15) is 0 Å². The molecule has 1 aromatic carbocycles. The largest absolute Gasteiger partial charge is 0.380 e. The van der Waals surface area contributed by atoms with E-state index in [9.17, 15) is 0 Å². The van der Waals surface area contributed by atoms with Crippen molar-refractivity contribution >= 4 is 22.0 Å². The zero-order valence-electron chi connectivity index (χ0n) is 7.66. The molecule has 1 aromatic rings. The van der Waals surface area contributed by atoms with Gasteiger partial charge in [-0.3, -0.25) is 0 Å². The molecule has 0 bridgehead atoms. The van der Waals surface area contributed by atoms with Crippen molar-refractivity contribution in [2.24, 2.45) is 0 Å². The highest BCUT2D eigenvalue weighted by atomic mass is 79.9. The van der Waals surface area contributed by atoms with Crippen LogP contribution in [0.3, 0.4) is 0 Å². The van der Waals surface area contributed by atoms with E-state index in [1.807, 2.05) is 6.07 Å². The summed E-state index contributed by atoms with van der Waals surface area (Å²) >= 11 is 3.34. The second-order valence-electron chi connectivity index (χ2n) is 2.73. The van der Waals surface area contributed by atoms with Crippen LogP contribution in [0.25, 0.3) is 6.08 Å². The van der Waals surface area contributed by atoms with Crippen molar-refractivity contribution in [2.45, 2.75) is 6.61 Å². The lowest BCUT2D eigenvalue weighted by atomic mass is 10.1. The number of hydrogen-bond acceptors (Lipinski definition) is 1. The SMILES string of the molecule is COCc1cccc(/C=C/CBr)c1. The summed E-state index contributed by atoms with van der Waals surface area (Å²) in [7, 11) is 1.71. The van der Waals surface area contributed by atoms with Crippen molar-refractivity contribution in [3.05, 3.63) is 41.5 Å². The van der Waals surface area contributed by atoms with Crippen LogP contribution in [0, 0.1) is 0 Å². The Hall–Kier alpha value is -0.600. The molecule has 0 aliphatic rings. The molecule has 1 nitrogen and oxygen atoms in total. The minimum atomic E-state index is 0.677. The minimum absolute atomic E-state index is 0.677. The number of rotatable bonds is 4. The van der Waals surface area contributed by atoms with E-state index in [0.717, 1.165) is 5.33 Å². The predicted molar refractivity (Wildman–Crippen MR) is 60.0 cm³/mol. The zero-order valence-corrected chi connectivity index (χ0v) is 9.25. The molecule has 0 fully saturated rings. The third kappa shape index (κ3) is 3.75. The predicted octanol–water partition coefficient (Wildman–Crippen LogP) is 3.24. The van der Waals surface area contributed by atoms with Gasteiger partial charge in [-0.25, -0.2) is 0 Å². The minimum Gasteiger partial charge on any atom is -0.380 e. The smallest absolute Gasteiger partial charge is 0.0713 e. The summed E-state index contributed by atoms with van der Waals surface area (Å²) < 4.78 is 5.05. The van der Waals surface area contributed by atoms with Gasteiger partial charge in [0.25, 0.3) is 0 Å². The fraction of sp³-hybridized carbons (Fsp3) is 0.273. The lowest BCUT2D eigenvalue weighted by Crippen LogP contribution is -1.87. The summed E-state index contributed by atoms with van der Waals surface area (Å²) in [5.74, 6) is 0. The van der Waals surface area contributed by atoms with E-state index in [-0.39, 0.29) is 0 Å². The van der Waals surface area contributed by atoms with Gasteiger partial charge in [-0.1, -0.05) is 46.3 Å². The first-order valence-electron chi connectivity index (χ1n) is 4.17. The lowest BCUT2D eigenvalue weighted by Gasteiger charge is -2.00. The first-order valence-corrected chi connectivity index (χ1v) is 5.29. The van der Waals surface area contributed by atoms with E-state index in [1.54, 1.807) is 7.11 Å². The van der Waals surface area contributed by atoms with Crippen LogP contribution in [0.1, 0.15) is 11.1 Å². The summed E-state index contributed by atoms with van der Waals surface area (Å²) in [6.45, 7) is 0.677. The number of allylic oxidation sites excluding steroid dienone is 1. The highest BCUT2D eigenvalue weighted by molar-refractivity contribution is 9.09. The van der Waals surface area contributed by atoms with Gasteiger partial charge in [0.05, 0.1) is 6.61 Å². The molecule has 70 valence electrons. The number of benzene rings is 1. The molecule has 0 amide bonds. The standard InChI is InChI=1S/C11H13BrO/c1-13-9-11-5-2-4-10(8-11)6-3-7-12/h2-6,8H,7,9H2,1H3/b6-3+. The van der Waals surface area contributed by atoms with Crippen LogP contribution in [-0.4, -0.2) is 12.4 Å². The molecule has 2 heteroatoms. The Morgan fingerprint density at radius 3 is 3.00 bits per heavy atom. The maximum atomic E-state index is 5.05. The van der Waals surface area contributed by atoms with E-state index < -0.39 is 0 Å². The van der Waals surface area contributed by atoms with Gasteiger partial charge < -0.3 is 4.74 Å². The molecule has 0 aliphatic heterocycles. The van der Waals surface area contributed by atoms with Crippen LogP contribution in [0.4, 0.5) is 0 Å². The van der Waals surface area contributed by atoms with Gasteiger partial charge in [0, 0.05) is 12.4 Å². The fourth-order valence-corrected chi connectivity index (χ4v) is 1.32. The second-order valence-corrected chi connectivity index (χ2v) is 3.38. The molecule has 0 saturated heterocycles. The molecule has 0 spiro atoms. The van der Waals surface area contributed by atoms with Crippen LogP contribution < -0.4 is 0 Å². The molecular weight excluding hydrogens is 228 g/mol. The molecule has 0 N–H and O–H groups in total. The Morgan fingerprint density at radius 2 is 2.31 bits per heavy atom. The molecule has 0 radical (unpaired) electrons. The van der Waals surface area contributed by atoms with Crippen LogP contribution in [0.15, 0.2) is 30.3 Å². The van der Waals surface area contributed by atoms with Crippen molar-refractivity contribution in [3.8, 4) is 0 Å². The van der Waals surface area contributed by atoms with Gasteiger partial charge in [0.2, 0.25) is 0 Å². The molecule has 0 atom stereocenters. The Balaban J connectivity index is 2.73. The Labute approximate surface area is 87.5 Å². The second kappa shape index (κ2) is 5.95. The lowest BCUT2D eigenvalue weighted by molar-refractivity contribution is 0.185. The Bertz CT molecular complexity index is 281. The fourth-order valence-electron chi connectivity index (χ4n) is 1.13. The summed E-state index contributed by atoms with van der Waals surface area (Å²) in [6, 6.07) is 8.32. The van der Waals surface area contributed by atoms with Crippen molar-refractivity contribution in [1.29, 1.82) is 0 Å². The number of ether oxygens (including phenoxy) is 1. The number of hydrogen-bond donors (Lipinski definition) is 0. The number of alkyl halides is 1. The van der Waals surface area contributed by atoms with Gasteiger partial charge in [0.1, 0.15) is 0 Å². The average molecular weight is 241 g/mol. The van der Waals surface area contributed by atoms with E-state index in [1.165, 1.54) is 11.1 Å². The first-order chi connectivity index (χ1) is 6.36. The monoisotopic (exact) mass is 240 g/mol. The Kier molecular flexibility index (Phi) is 4.79. The topological polar surface area (TPSA) is 9.23 Å². The van der Waals surface area contributed by atoms with E-state index in [4.69, 9.17) is 4.74 Å². The molecule has 13 heavy (non-hydrogen) atoms. The molecule has 0 aromatic heterocycles. The highest BCUT2D eigenvalue weighted by Gasteiger charge is 1.91. The summed E-state index contributed by atoms with van der Waals surface area (Å²) in [6.07, 6.45) is 4.17. The molecular formula is C11H13BrO. The van der Waals surface area contributed by atoms with E-state index in [0.29, 0.717) is 6.61 Å². The number of halogens is 1. The molecule has 0 unspecified atom stereocenters. The van der Waals surface area contributed by atoms with Crippen molar-refractivity contribution in [2.75, 3.05) is 12.4 Å². The molecule has 1 rings (SSSR count).